The molecule has 0 spiro atoms. The van der Waals surface area contributed by atoms with E-state index in [9.17, 15) is 0 Å². The van der Waals surface area contributed by atoms with Gasteiger partial charge in [-0.15, -0.1) is 23.5 Å². The molecular formula is C20H24O3S2. The molecule has 3 rings (SSSR count). The number of rotatable bonds is 6. The van der Waals surface area contributed by atoms with E-state index in [2.05, 4.69) is 24.3 Å². The standard InChI is InChI=1S/C20H24O3S2/c1-21-17-7-5-15(6-8-17)14-20(24-9-4-10-25-20)16-11-18(22-2)13-19(12-16)23-3/h5-8,11-13H,4,9-10,14H2,1-3H3. The van der Waals surface area contributed by atoms with Crippen molar-refractivity contribution >= 4 is 23.5 Å². The van der Waals surface area contributed by atoms with E-state index >= 15 is 0 Å². The Balaban J connectivity index is 1.97. The molecule has 1 aliphatic heterocycles. The highest BCUT2D eigenvalue weighted by molar-refractivity contribution is 8.18. The molecule has 5 heteroatoms. The fraction of sp³-hybridized carbons (Fsp3) is 0.400. The van der Waals surface area contributed by atoms with Crippen molar-refractivity contribution in [2.75, 3.05) is 32.8 Å². The van der Waals surface area contributed by atoms with Crippen LogP contribution in [-0.2, 0) is 10.5 Å². The van der Waals surface area contributed by atoms with E-state index in [1.54, 1.807) is 21.3 Å². The summed E-state index contributed by atoms with van der Waals surface area (Å²) < 4.78 is 16.3. The van der Waals surface area contributed by atoms with Crippen molar-refractivity contribution in [1.29, 1.82) is 0 Å². The molecule has 0 amide bonds. The SMILES string of the molecule is COc1ccc(CC2(c3cc(OC)cc(OC)c3)SCCCS2)cc1. The Kier molecular flexibility index (Phi) is 6.07. The van der Waals surface area contributed by atoms with E-state index in [4.69, 9.17) is 14.2 Å². The molecule has 0 saturated carbocycles. The number of benzene rings is 2. The second-order valence-corrected chi connectivity index (χ2v) is 8.98. The summed E-state index contributed by atoms with van der Waals surface area (Å²) in [4.78, 5) is 0. The van der Waals surface area contributed by atoms with Crippen molar-refractivity contribution in [3.05, 3.63) is 53.6 Å². The lowest BCUT2D eigenvalue weighted by molar-refractivity contribution is 0.393. The molecule has 0 unspecified atom stereocenters. The van der Waals surface area contributed by atoms with Crippen LogP contribution in [0.15, 0.2) is 42.5 Å². The van der Waals surface area contributed by atoms with Crippen LogP contribution in [0.3, 0.4) is 0 Å². The van der Waals surface area contributed by atoms with Gasteiger partial charge in [-0.3, -0.25) is 0 Å². The van der Waals surface area contributed by atoms with E-state index in [0.29, 0.717) is 0 Å². The first kappa shape index (κ1) is 18.3. The molecule has 0 atom stereocenters. The van der Waals surface area contributed by atoms with E-state index in [-0.39, 0.29) is 4.08 Å². The Morgan fingerprint density at radius 2 is 1.36 bits per heavy atom. The first-order chi connectivity index (χ1) is 12.2. The van der Waals surface area contributed by atoms with Gasteiger partial charge in [0, 0.05) is 12.5 Å². The Bertz CT molecular complexity index is 672. The zero-order valence-corrected chi connectivity index (χ0v) is 16.5. The van der Waals surface area contributed by atoms with Crippen LogP contribution in [0.1, 0.15) is 17.5 Å². The topological polar surface area (TPSA) is 27.7 Å². The summed E-state index contributed by atoms with van der Waals surface area (Å²) in [6.45, 7) is 0. The van der Waals surface area contributed by atoms with Gasteiger partial charge >= 0.3 is 0 Å². The minimum absolute atomic E-state index is 0.0192. The summed E-state index contributed by atoms with van der Waals surface area (Å²) in [5, 5.41) is 0. The molecule has 3 nitrogen and oxygen atoms in total. The van der Waals surface area contributed by atoms with Crippen LogP contribution in [0.25, 0.3) is 0 Å². The molecule has 0 radical (unpaired) electrons. The van der Waals surface area contributed by atoms with E-state index in [1.807, 2.05) is 41.7 Å². The molecule has 1 saturated heterocycles. The van der Waals surface area contributed by atoms with E-state index in [0.717, 1.165) is 23.7 Å². The minimum Gasteiger partial charge on any atom is -0.497 e. The van der Waals surface area contributed by atoms with Gasteiger partial charge in [-0.05, 0) is 53.3 Å². The van der Waals surface area contributed by atoms with Gasteiger partial charge in [0.05, 0.1) is 25.4 Å². The molecule has 2 aromatic carbocycles. The Morgan fingerprint density at radius 1 is 0.800 bits per heavy atom. The summed E-state index contributed by atoms with van der Waals surface area (Å²) in [6.07, 6.45) is 2.21. The number of hydrogen-bond acceptors (Lipinski definition) is 5. The van der Waals surface area contributed by atoms with E-state index in [1.165, 1.54) is 29.1 Å². The fourth-order valence-corrected chi connectivity index (χ4v) is 6.34. The Hall–Kier alpha value is -1.46. The maximum atomic E-state index is 5.50. The molecule has 1 aliphatic rings. The Labute approximate surface area is 158 Å². The third-order valence-electron chi connectivity index (χ3n) is 4.35. The van der Waals surface area contributed by atoms with Crippen LogP contribution in [0, 0.1) is 0 Å². The summed E-state index contributed by atoms with van der Waals surface area (Å²) in [6, 6.07) is 14.6. The van der Waals surface area contributed by atoms with Gasteiger partial charge < -0.3 is 14.2 Å². The lowest BCUT2D eigenvalue weighted by atomic mass is 10.0. The maximum Gasteiger partial charge on any atom is 0.122 e. The van der Waals surface area contributed by atoms with Gasteiger partial charge in [-0.1, -0.05) is 12.1 Å². The quantitative estimate of drug-likeness (QED) is 0.709. The fourth-order valence-electron chi connectivity index (χ4n) is 2.98. The second-order valence-electron chi connectivity index (χ2n) is 5.93. The zero-order valence-electron chi connectivity index (χ0n) is 14.9. The second kappa shape index (κ2) is 8.28. The Morgan fingerprint density at radius 3 is 1.88 bits per heavy atom. The van der Waals surface area contributed by atoms with Crippen LogP contribution in [0.4, 0.5) is 0 Å². The first-order valence-corrected chi connectivity index (χ1v) is 10.3. The third kappa shape index (κ3) is 4.21. The van der Waals surface area contributed by atoms with Gasteiger partial charge in [0.25, 0.3) is 0 Å². The van der Waals surface area contributed by atoms with Crippen molar-refractivity contribution in [3.63, 3.8) is 0 Å². The number of ether oxygens (including phenoxy) is 3. The molecule has 0 aliphatic carbocycles. The molecule has 0 bridgehead atoms. The van der Waals surface area contributed by atoms with Gasteiger partial charge in [0.15, 0.2) is 0 Å². The number of thioether (sulfide) groups is 2. The van der Waals surface area contributed by atoms with E-state index < -0.39 is 0 Å². The molecule has 2 aromatic rings. The lowest BCUT2D eigenvalue weighted by Crippen LogP contribution is -2.25. The third-order valence-corrected chi connectivity index (χ3v) is 7.73. The zero-order chi connectivity index (χ0) is 17.7. The predicted molar refractivity (Wildman–Crippen MR) is 107 cm³/mol. The molecule has 134 valence electrons. The minimum atomic E-state index is -0.0192. The molecule has 25 heavy (non-hydrogen) atoms. The largest absolute Gasteiger partial charge is 0.497 e. The summed E-state index contributed by atoms with van der Waals surface area (Å²) >= 11 is 4.06. The van der Waals surface area contributed by atoms with Crippen LogP contribution in [0.2, 0.25) is 0 Å². The average Bonchev–Trinajstić information content (AvgIpc) is 2.68. The summed E-state index contributed by atoms with van der Waals surface area (Å²) in [5.41, 5.74) is 2.57. The molecule has 1 fully saturated rings. The van der Waals surface area contributed by atoms with Gasteiger partial charge in [0.2, 0.25) is 0 Å². The van der Waals surface area contributed by atoms with Crippen LogP contribution < -0.4 is 14.2 Å². The summed E-state index contributed by atoms with van der Waals surface area (Å²) in [7, 11) is 5.11. The van der Waals surface area contributed by atoms with Crippen molar-refractivity contribution in [3.8, 4) is 17.2 Å². The maximum absolute atomic E-state index is 5.50. The predicted octanol–water partition coefficient (Wildman–Crippen LogP) is 4.98. The highest BCUT2D eigenvalue weighted by Gasteiger charge is 2.36. The van der Waals surface area contributed by atoms with Crippen molar-refractivity contribution < 1.29 is 14.2 Å². The van der Waals surface area contributed by atoms with Crippen molar-refractivity contribution in [1.82, 2.24) is 0 Å². The highest BCUT2D eigenvalue weighted by Crippen LogP contribution is 2.53. The normalized spacial score (nSPS) is 16.3. The van der Waals surface area contributed by atoms with Gasteiger partial charge in [0.1, 0.15) is 17.2 Å². The van der Waals surface area contributed by atoms with Gasteiger partial charge in [-0.2, -0.15) is 0 Å². The number of methoxy groups -OCH3 is 3. The number of hydrogen-bond donors (Lipinski definition) is 0. The van der Waals surface area contributed by atoms with Crippen LogP contribution >= 0.6 is 23.5 Å². The smallest absolute Gasteiger partial charge is 0.122 e. The highest BCUT2D eigenvalue weighted by atomic mass is 32.2. The first-order valence-electron chi connectivity index (χ1n) is 8.33. The van der Waals surface area contributed by atoms with Crippen LogP contribution in [-0.4, -0.2) is 32.8 Å². The average molecular weight is 377 g/mol. The lowest BCUT2D eigenvalue weighted by Gasteiger charge is -2.37. The van der Waals surface area contributed by atoms with Crippen molar-refractivity contribution in [2.45, 2.75) is 16.9 Å². The van der Waals surface area contributed by atoms with Crippen LogP contribution in [0.5, 0.6) is 17.2 Å². The summed E-state index contributed by atoms with van der Waals surface area (Å²) in [5.74, 6) is 4.92. The molecule has 0 N–H and O–H groups in total. The molecular weight excluding hydrogens is 352 g/mol. The van der Waals surface area contributed by atoms with Crippen molar-refractivity contribution in [2.24, 2.45) is 0 Å². The molecule has 1 heterocycles. The monoisotopic (exact) mass is 376 g/mol. The molecule has 0 aromatic heterocycles. The van der Waals surface area contributed by atoms with Gasteiger partial charge in [-0.25, -0.2) is 0 Å².